The second kappa shape index (κ2) is 6.05. The zero-order valence-corrected chi connectivity index (χ0v) is 11.3. The first-order valence-corrected chi connectivity index (χ1v) is 6.83. The monoisotopic (exact) mass is 249 g/mol. The van der Waals surface area contributed by atoms with Crippen LogP contribution in [0.5, 0.6) is 0 Å². The van der Waals surface area contributed by atoms with E-state index in [4.69, 9.17) is 0 Å². The zero-order valence-electron chi connectivity index (χ0n) is 11.3. The van der Waals surface area contributed by atoms with Crippen molar-refractivity contribution < 1.29 is 5.11 Å². The van der Waals surface area contributed by atoms with E-state index in [1.54, 1.807) is 0 Å². The molecule has 0 saturated carbocycles. The lowest BCUT2D eigenvalue weighted by atomic mass is 9.96. The van der Waals surface area contributed by atoms with Crippen molar-refractivity contribution in [3.63, 3.8) is 0 Å². The fourth-order valence-corrected chi connectivity index (χ4v) is 2.25. The Kier molecular flexibility index (Phi) is 4.42. The Morgan fingerprint density at radius 2 is 2.39 bits per heavy atom. The van der Waals surface area contributed by atoms with Crippen molar-refractivity contribution in [1.82, 2.24) is 4.98 Å². The smallest absolute Gasteiger partial charge is 0.127 e. The van der Waals surface area contributed by atoms with E-state index in [-0.39, 0.29) is 6.10 Å². The van der Waals surface area contributed by atoms with E-state index in [9.17, 15) is 5.11 Å². The molecule has 100 valence electrons. The molecular weight excluding hydrogens is 226 g/mol. The zero-order chi connectivity index (χ0) is 13.0. The van der Waals surface area contributed by atoms with Crippen LogP contribution in [-0.2, 0) is 0 Å². The van der Waals surface area contributed by atoms with E-state index in [1.807, 2.05) is 12.3 Å². The summed E-state index contributed by atoms with van der Waals surface area (Å²) in [4.78, 5) is 6.54. The van der Waals surface area contributed by atoms with Gasteiger partial charge in [-0.3, -0.25) is 0 Å². The van der Waals surface area contributed by atoms with Gasteiger partial charge in [-0.15, -0.1) is 0 Å². The fraction of sp³-hybridized carbons (Fsp3) is 0.643. The number of anilines is 2. The number of aliphatic hydroxyl groups excluding tert-OH is 1. The van der Waals surface area contributed by atoms with E-state index in [1.165, 1.54) is 0 Å². The average Bonchev–Trinajstić information content (AvgIpc) is 2.40. The highest BCUT2D eigenvalue weighted by atomic mass is 16.3. The highest BCUT2D eigenvalue weighted by Crippen LogP contribution is 2.24. The second-order valence-corrected chi connectivity index (χ2v) is 5.11. The number of hydrogen-bond donors (Lipinski definition) is 2. The largest absolute Gasteiger partial charge is 0.391 e. The molecule has 0 aliphatic carbocycles. The van der Waals surface area contributed by atoms with Crippen LogP contribution in [0.1, 0.15) is 26.7 Å². The van der Waals surface area contributed by atoms with Gasteiger partial charge in [-0.2, -0.15) is 0 Å². The molecule has 18 heavy (non-hydrogen) atoms. The van der Waals surface area contributed by atoms with Gasteiger partial charge in [0.05, 0.1) is 6.10 Å². The SMILES string of the molecule is CCCNc1cc(N2CCC(C)C(O)C2)ccn1. The van der Waals surface area contributed by atoms with Gasteiger partial charge in [-0.05, 0) is 24.8 Å². The first kappa shape index (κ1) is 13.1. The molecule has 1 aromatic rings. The number of aromatic nitrogens is 1. The van der Waals surface area contributed by atoms with Crippen LogP contribution in [0.15, 0.2) is 18.3 Å². The van der Waals surface area contributed by atoms with Crippen LogP contribution in [0.2, 0.25) is 0 Å². The maximum atomic E-state index is 9.95. The van der Waals surface area contributed by atoms with Crippen molar-refractivity contribution in [1.29, 1.82) is 0 Å². The molecule has 1 aliphatic heterocycles. The summed E-state index contributed by atoms with van der Waals surface area (Å²) in [5.41, 5.74) is 1.15. The lowest BCUT2D eigenvalue weighted by Gasteiger charge is -2.35. The van der Waals surface area contributed by atoms with Crippen LogP contribution < -0.4 is 10.2 Å². The number of rotatable bonds is 4. The van der Waals surface area contributed by atoms with E-state index in [0.717, 1.165) is 44.0 Å². The van der Waals surface area contributed by atoms with Crippen molar-refractivity contribution in [3.05, 3.63) is 18.3 Å². The summed E-state index contributed by atoms with van der Waals surface area (Å²) < 4.78 is 0. The van der Waals surface area contributed by atoms with Crippen LogP contribution in [0, 0.1) is 5.92 Å². The number of piperidine rings is 1. The molecule has 0 amide bonds. The number of nitrogens with zero attached hydrogens (tertiary/aromatic N) is 2. The van der Waals surface area contributed by atoms with Gasteiger partial charge in [0.2, 0.25) is 0 Å². The lowest BCUT2D eigenvalue weighted by molar-refractivity contribution is 0.103. The Hall–Kier alpha value is -1.29. The third kappa shape index (κ3) is 3.13. The quantitative estimate of drug-likeness (QED) is 0.858. The van der Waals surface area contributed by atoms with E-state index >= 15 is 0 Å². The number of hydrogen-bond acceptors (Lipinski definition) is 4. The highest BCUT2D eigenvalue weighted by Gasteiger charge is 2.24. The Labute approximate surface area is 109 Å². The van der Waals surface area contributed by atoms with Gasteiger partial charge < -0.3 is 15.3 Å². The van der Waals surface area contributed by atoms with Crippen LogP contribution >= 0.6 is 0 Å². The Bertz CT molecular complexity index is 383. The number of β-amino-alcohol motifs (C(OH)–C–C–N with tert-alkyl or cyclic N) is 1. The lowest BCUT2D eigenvalue weighted by Crippen LogP contribution is -2.42. The summed E-state index contributed by atoms with van der Waals surface area (Å²) in [6, 6.07) is 4.08. The Morgan fingerprint density at radius 1 is 1.56 bits per heavy atom. The molecule has 2 rings (SSSR count). The van der Waals surface area contributed by atoms with Gasteiger partial charge >= 0.3 is 0 Å². The van der Waals surface area contributed by atoms with Gasteiger partial charge in [0.25, 0.3) is 0 Å². The van der Waals surface area contributed by atoms with Crippen molar-refractivity contribution in [3.8, 4) is 0 Å². The molecule has 4 nitrogen and oxygen atoms in total. The average molecular weight is 249 g/mol. The molecule has 2 heterocycles. The molecule has 0 aromatic carbocycles. The van der Waals surface area contributed by atoms with E-state index in [2.05, 4.69) is 35.1 Å². The molecule has 4 heteroatoms. The molecule has 0 spiro atoms. The van der Waals surface area contributed by atoms with Gasteiger partial charge in [0, 0.05) is 37.6 Å². The molecule has 0 bridgehead atoms. The Morgan fingerprint density at radius 3 is 3.11 bits per heavy atom. The van der Waals surface area contributed by atoms with Crippen molar-refractivity contribution in [2.75, 3.05) is 29.9 Å². The molecule has 1 saturated heterocycles. The minimum atomic E-state index is -0.223. The first-order valence-electron chi connectivity index (χ1n) is 6.83. The molecule has 0 radical (unpaired) electrons. The van der Waals surface area contributed by atoms with Gasteiger partial charge in [-0.1, -0.05) is 13.8 Å². The van der Waals surface area contributed by atoms with E-state index < -0.39 is 0 Å². The van der Waals surface area contributed by atoms with Crippen LogP contribution in [-0.4, -0.2) is 35.8 Å². The highest BCUT2D eigenvalue weighted by molar-refractivity contribution is 5.54. The van der Waals surface area contributed by atoms with E-state index in [0.29, 0.717) is 5.92 Å². The van der Waals surface area contributed by atoms with Crippen LogP contribution in [0.4, 0.5) is 11.5 Å². The summed E-state index contributed by atoms with van der Waals surface area (Å²) in [7, 11) is 0. The Balaban J connectivity index is 2.04. The van der Waals surface area contributed by atoms with Crippen LogP contribution in [0.3, 0.4) is 0 Å². The summed E-state index contributed by atoms with van der Waals surface area (Å²) in [5, 5.41) is 13.2. The normalized spacial score (nSPS) is 24.1. The third-order valence-corrected chi connectivity index (χ3v) is 3.58. The van der Waals surface area contributed by atoms with Crippen molar-refractivity contribution in [2.24, 2.45) is 5.92 Å². The predicted molar refractivity (Wildman–Crippen MR) is 75.0 cm³/mol. The first-order chi connectivity index (χ1) is 8.70. The van der Waals surface area contributed by atoms with Crippen LogP contribution in [0.25, 0.3) is 0 Å². The second-order valence-electron chi connectivity index (χ2n) is 5.11. The summed E-state index contributed by atoms with van der Waals surface area (Å²) >= 11 is 0. The number of aliphatic hydroxyl groups is 1. The molecule has 2 atom stereocenters. The molecule has 1 aromatic heterocycles. The molecular formula is C14H23N3O. The maximum Gasteiger partial charge on any atom is 0.127 e. The standard InChI is InChI=1S/C14H23N3O/c1-3-6-15-14-9-12(4-7-16-14)17-8-5-11(2)13(18)10-17/h4,7,9,11,13,18H,3,5-6,8,10H2,1-2H3,(H,15,16). The predicted octanol–water partition coefficient (Wildman–Crippen LogP) is 2.11. The molecule has 2 unspecified atom stereocenters. The summed E-state index contributed by atoms with van der Waals surface area (Å²) in [6.07, 6.45) is 3.74. The topological polar surface area (TPSA) is 48.4 Å². The minimum Gasteiger partial charge on any atom is -0.391 e. The maximum absolute atomic E-state index is 9.95. The molecule has 2 N–H and O–H groups in total. The van der Waals surface area contributed by atoms with Crippen molar-refractivity contribution in [2.45, 2.75) is 32.8 Å². The molecule has 1 fully saturated rings. The van der Waals surface area contributed by atoms with Crippen molar-refractivity contribution >= 4 is 11.5 Å². The summed E-state index contributed by atoms with van der Waals surface area (Å²) in [6.45, 7) is 6.92. The van der Waals surface area contributed by atoms with Gasteiger partial charge in [0.1, 0.15) is 5.82 Å². The third-order valence-electron chi connectivity index (χ3n) is 3.58. The fourth-order valence-electron chi connectivity index (χ4n) is 2.25. The van der Waals surface area contributed by atoms with Gasteiger partial charge in [0.15, 0.2) is 0 Å². The molecule has 1 aliphatic rings. The number of pyridine rings is 1. The summed E-state index contributed by atoms with van der Waals surface area (Å²) in [5.74, 6) is 1.32. The number of nitrogens with one attached hydrogen (secondary N) is 1. The van der Waals surface area contributed by atoms with Gasteiger partial charge in [-0.25, -0.2) is 4.98 Å². The minimum absolute atomic E-state index is 0.223.